The molecular weight excluding hydrogens is 439 g/mol. The maximum Gasteiger partial charge on any atom is 0.335 e. The molecule has 0 aliphatic carbocycles. The van der Waals surface area contributed by atoms with Gasteiger partial charge in [-0.2, -0.15) is 5.10 Å². The number of hydrogen-bond donors (Lipinski definition) is 2. The van der Waals surface area contributed by atoms with Crippen LogP contribution < -0.4 is 4.74 Å². The molecule has 8 nitrogen and oxygen atoms in total. The molecule has 1 aromatic carbocycles. The van der Waals surface area contributed by atoms with E-state index in [4.69, 9.17) is 14.5 Å². The Kier molecular flexibility index (Phi) is 5.31. The van der Waals surface area contributed by atoms with E-state index in [-0.39, 0.29) is 24.2 Å². The van der Waals surface area contributed by atoms with E-state index in [0.29, 0.717) is 18.5 Å². The molecule has 2 atom stereocenters. The third-order valence-electron chi connectivity index (χ3n) is 6.79. The highest BCUT2D eigenvalue weighted by Gasteiger charge is 2.41. The predicted octanol–water partition coefficient (Wildman–Crippen LogP) is 4.91. The van der Waals surface area contributed by atoms with Crippen molar-refractivity contribution >= 4 is 28.0 Å². The van der Waals surface area contributed by atoms with Crippen LogP contribution in [0.2, 0.25) is 0 Å². The monoisotopic (exact) mass is 466 g/mol. The summed E-state index contributed by atoms with van der Waals surface area (Å²) in [5.41, 5.74) is 3.96. The SMILES string of the molecule is COc1cc(-n2c(C(C)C)c([C@@H]3CC[C@@](C)(C(=O)O)OC3)c3nc4[nH]ncc4cc32)ccc1F. The molecular formula is C25H27FN4O4. The molecule has 2 N–H and O–H groups in total. The Balaban J connectivity index is 1.77. The number of rotatable bonds is 5. The fourth-order valence-electron chi connectivity index (χ4n) is 4.93. The molecule has 1 fully saturated rings. The topological polar surface area (TPSA) is 102 Å². The second kappa shape index (κ2) is 8.09. The van der Waals surface area contributed by atoms with Crippen molar-refractivity contribution in [1.82, 2.24) is 19.7 Å². The minimum absolute atomic E-state index is 0.0382. The van der Waals surface area contributed by atoms with Crippen molar-refractivity contribution in [2.45, 2.75) is 51.0 Å². The largest absolute Gasteiger partial charge is 0.494 e. The summed E-state index contributed by atoms with van der Waals surface area (Å²) in [6.07, 6.45) is 2.77. The summed E-state index contributed by atoms with van der Waals surface area (Å²) in [6, 6.07) is 6.83. The van der Waals surface area contributed by atoms with Crippen LogP contribution in [-0.4, -0.2) is 50.1 Å². The van der Waals surface area contributed by atoms with Crippen molar-refractivity contribution in [3.8, 4) is 11.4 Å². The summed E-state index contributed by atoms with van der Waals surface area (Å²) in [5.74, 6) is -1.16. The van der Waals surface area contributed by atoms with Crippen molar-refractivity contribution < 1.29 is 23.8 Å². The molecule has 9 heteroatoms. The number of methoxy groups -OCH3 is 1. The van der Waals surface area contributed by atoms with Crippen LogP contribution in [0.4, 0.5) is 4.39 Å². The first kappa shape index (κ1) is 22.3. The summed E-state index contributed by atoms with van der Waals surface area (Å²) >= 11 is 0. The smallest absolute Gasteiger partial charge is 0.335 e. The normalized spacial score (nSPS) is 20.9. The van der Waals surface area contributed by atoms with E-state index >= 15 is 0 Å². The van der Waals surface area contributed by atoms with Gasteiger partial charge in [0.15, 0.2) is 22.8 Å². The average Bonchev–Trinajstić information content (AvgIpc) is 3.40. The predicted molar refractivity (Wildman–Crippen MR) is 125 cm³/mol. The number of pyridine rings is 1. The highest BCUT2D eigenvalue weighted by atomic mass is 19.1. The maximum atomic E-state index is 14.2. The van der Waals surface area contributed by atoms with Gasteiger partial charge in [0.2, 0.25) is 0 Å². The molecule has 1 saturated heterocycles. The van der Waals surface area contributed by atoms with Crippen LogP contribution in [0.1, 0.15) is 56.7 Å². The Bertz CT molecular complexity index is 1400. The van der Waals surface area contributed by atoms with Crippen LogP contribution in [0.3, 0.4) is 0 Å². The van der Waals surface area contributed by atoms with Gasteiger partial charge in [-0.1, -0.05) is 13.8 Å². The van der Waals surface area contributed by atoms with Crippen LogP contribution in [-0.2, 0) is 9.53 Å². The zero-order chi connectivity index (χ0) is 24.2. The highest BCUT2D eigenvalue weighted by Crippen LogP contribution is 2.43. The fourth-order valence-corrected chi connectivity index (χ4v) is 4.93. The van der Waals surface area contributed by atoms with Crippen molar-refractivity contribution in [3.05, 3.63) is 47.5 Å². The molecule has 3 aromatic heterocycles. The number of halogens is 1. The van der Waals surface area contributed by atoms with E-state index in [1.165, 1.54) is 13.2 Å². The second-order valence-electron chi connectivity index (χ2n) is 9.35. The van der Waals surface area contributed by atoms with Crippen molar-refractivity contribution in [2.75, 3.05) is 13.7 Å². The number of ether oxygens (including phenoxy) is 2. The van der Waals surface area contributed by atoms with E-state index in [1.54, 1.807) is 25.3 Å². The number of nitrogens with one attached hydrogen (secondary N) is 1. The van der Waals surface area contributed by atoms with Crippen molar-refractivity contribution in [1.29, 1.82) is 0 Å². The van der Waals surface area contributed by atoms with Gasteiger partial charge in [0.05, 0.1) is 30.9 Å². The van der Waals surface area contributed by atoms with Crippen LogP contribution in [0.25, 0.3) is 27.8 Å². The first-order valence-corrected chi connectivity index (χ1v) is 11.3. The van der Waals surface area contributed by atoms with E-state index in [1.807, 2.05) is 6.07 Å². The number of fused-ring (bicyclic) bond motifs is 2. The first-order chi connectivity index (χ1) is 16.2. The van der Waals surface area contributed by atoms with Gasteiger partial charge in [-0.25, -0.2) is 14.2 Å². The third kappa shape index (κ3) is 3.42. The molecule has 0 unspecified atom stereocenters. The van der Waals surface area contributed by atoms with Gasteiger partial charge in [0, 0.05) is 34.3 Å². The quantitative estimate of drug-likeness (QED) is 0.433. The molecule has 0 bridgehead atoms. The van der Waals surface area contributed by atoms with Gasteiger partial charge in [0.1, 0.15) is 0 Å². The van der Waals surface area contributed by atoms with E-state index < -0.39 is 17.4 Å². The van der Waals surface area contributed by atoms with Gasteiger partial charge in [-0.15, -0.1) is 0 Å². The molecule has 34 heavy (non-hydrogen) atoms. The van der Waals surface area contributed by atoms with Crippen LogP contribution >= 0.6 is 0 Å². The molecule has 0 spiro atoms. The Morgan fingerprint density at radius 2 is 2.18 bits per heavy atom. The number of H-pyrrole nitrogens is 1. The van der Waals surface area contributed by atoms with Crippen LogP contribution in [0, 0.1) is 5.82 Å². The number of carboxylic acid groups (broad SMARTS) is 1. The van der Waals surface area contributed by atoms with E-state index in [2.05, 4.69) is 28.6 Å². The zero-order valence-electron chi connectivity index (χ0n) is 19.6. The Morgan fingerprint density at radius 3 is 2.82 bits per heavy atom. The molecule has 0 radical (unpaired) electrons. The lowest BCUT2D eigenvalue weighted by Gasteiger charge is -2.35. The van der Waals surface area contributed by atoms with Gasteiger partial charge in [-0.05, 0) is 43.9 Å². The fraction of sp³-hybridized carbons (Fsp3) is 0.400. The number of aliphatic carboxylic acids is 1. The lowest BCUT2D eigenvalue weighted by atomic mass is 9.84. The molecule has 1 aliphatic heterocycles. The summed E-state index contributed by atoms with van der Waals surface area (Å²) in [7, 11) is 1.44. The number of benzene rings is 1. The van der Waals surface area contributed by atoms with Gasteiger partial charge in [0.25, 0.3) is 0 Å². The Labute approximate surface area is 195 Å². The van der Waals surface area contributed by atoms with Crippen molar-refractivity contribution in [3.63, 3.8) is 0 Å². The molecule has 0 saturated carbocycles. The highest BCUT2D eigenvalue weighted by molar-refractivity contribution is 5.93. The molecule has 4 aromatic rings. The van der Waals surface area contributed by atoms with E-state index in [9.17, 15) is 14.3 Å². The number of carbonyl (C=O) groups is 1. The van der Waals surface area contributed by atoms with Crippen molar-refractivity contribution in [2.24, 2.45) is 0 Å². The van der Waals surface area contributed by atoms with Crippen LogP contribution in [0.5, 0.6) is 5.75 Å². The summed E-state index contributed by atoms with van der Waals surface area (Å²) in [4.78, 5) is 16.6. The van der Waals surface area contributed by atoms with Crippen LogP contribution in [0.15, 0.2) is 30.5 Å². The molecule has 1 aliphatic rings. The summed E-state index contributed by atoms with van der Waals surface area (Å²) in [5, 5.41) is 17.5. The van der Waals surface area contributed by atoms with Gasteiger partial charge >= 0.3 is 5.97 Å². The molecule has 4 heterocycles. The first-order valence-electron chi connectivity index (χ1n) is 11.3. The molecule has 0 amide bonds. The number of carboxylic acids is 1. The van der Waals surface area contributed by atoms with E-state index in [0.717, 1.165) is 33.4 Å². The lowest BCUT2D eigenvalue weighted by Crippen LogP contribution is -2.43. The Morgan fingerprint density at radius 1 is 1.38 bits per heavy atom. The zero-order valence-corrected chi connectivity index (χ0v) is 19.6. The number of aromatic nitrogens is 4. The molecule has 5 rings (SSSR count). The summed E-state index contributed by atoms with van der Waals surface area (Å²) in [6.45, 7) is 6.10. The lowest BCUT2D eigenvalue weighted by molar-refractivity contribution is -0.170. The number of nitrogens with zero attached hydrogens (tertiary/aromatic N) is 3. The number of aromatic amines is 1. The second-order valence-corrected chi connectivity index (χ2v) is 9.35. The minimum Gasteiger partial charge on any atom is -0.494 e. The minimum atomic E-state index is -1.19. The maximum absolute atomic E-state index is 14.2. The molecule has 178 valence electrons. The third-order valence-corrected chi connectivity index (χ3v) is 6.79. The average molecular weight is 467 g/mol. The number of hydrogen-bond acceptors (Lipinski definition) is 5. The van der Waals surface area contributed by atoms with Gasteiger partial charge < -0.3 is 19.1 Å². The van der Waals surface area contributed by atoms with Gasteiger partial charge in [-0.3, -0.25) is 5.10 Å². The standard InChI is InChI=1S/C25H27FN4O4/c1-13(2)22-20(14-7-8-25(3,24(31)32)34-12-14)21-18(9-15-11-27-29-23(15)28-21)30(22)16-5-6-17(26)19(10-16)33-4/h5-6,9-11,13-14H,7-8,12H2,1-4H3,(H,31,32)(H,27,28,29)/t14-,25+/m1/s1. The Hall–Kier alpha value is -3.46. The summed E-state index contributed by atoms with van der Waals surface area (Å²) < 4.78 is 27.5.